The molecule has 0 unspecified atom stereocenters. The van der Waals surface area contributed by atoms with Gasteiger partial charge in [0.05, 0.1) is 38.8 Å². The molecule has 29 heteroatoms. The molecule has 7 atom stereocenters. The first-order valence-electron chi connectivity index (χ1n) is 37.2. The number of hydrogen-bond donors (Lipinski definition) is 5. The highest BCUT2D eigenvalue weighted by Gasteiger charge is 2.49. The van der Waals surface area contributed by atoms with Crippen LogP contribution in [-0.2, 0) is 39.0 Å². The summed E-state index contributed by atoms with van der Waals surface area (Å²) >= 11 is 9.05. The average molecular weight is 1590 g/mol. The molecule has 4 fully saturated rings. The lowest BCUT2D eigenvalue weighted by Gasteiger charge is -2.37. The Morgan fingerprint density at radius 1 is 0.769 bits per heavy atom. The predicted molar refractivity (Wildman–Crippen MR) is 414 cm³/mol. The van der Waals surface area contributed by atoms with Crippen LogP contribution in [0.3, 0.4) is 0 Å². The van der Waals surface area contributed by atoms with Crippen molar-refractivity contribution in [2.75, 3.05) is 88.0 Å². The van der Waals surface area contributed by atoms with E-state index in [0.29, 0.717) is 121 Å². The Labute approximate surface area is 644 Å². The van der Waals surface area contributed by atoms with Gasteiger partial charge in [-0.1, -0.05) is 106 Å². The molecule has 1 aromatic heterocycles. The van der Waals surface area contributed by atoms with Gasteiger partial charge in [0.2, 0.25) is 23.6 Å². The number of hydrogen-bond acceptors (Lipinski definition) is 17. The smallest absolute Gasteiger partial charge is 0.391 e. The number of aromatic nitrogens is 1. The largest absolute Gasteiger partial charge is 0.501 e. The molecule has 108 heavy (non-hydrogen) atoms. The molecule has 11 rings (SSSR count). The number of amides is 5. The van der Waals surface area contributed by atoms with Crippen molar-refractivity contribution in [3.63, 3.8) is 0 Å². The highest BCUT2D eigenvalue weighted by molar-refractivity contribution is 7.99. The third-order valence-corrected chi connectivity index (χ3v) is 26.6. The van der Waals surface area contributed by atoms with Gasteiger partial charge in [-0.15, -0.1) is 23.1 Å². The number of benzene rings is 5. The Morgan fingerprint density at radius 3 is 2.11 bits per heavy atom. The summed E-state index contributed by atoms with van der Waals surface area (Å²) in [5, 5.41) is 20.1. The normalized spacial score (nSPS) is 19.9. The molecular formula is C79H97ClF4N10O10S4. The molecular weight excluding hydrogens is 1490 g/mol. The summed E-state index contributed by atoms with van der Waals surface area (Å²) in [5.74, 6) is -1.89. The molecule has 5 aliphatic rings. The van der Waals surface area contributed by atoms with E-state index >= 15 is 4.39 Å². The number of nitrogens with one attached hydrogen (secondary N) is 4. The molecule has 1 aliphatic carbocycles. The fourth-order valence-corrected chi connectivity index (χ4v) is 19.3. The van der Waals surface area contributed by atoms with Gasteiger partial charge in [0.1, 0.15) is 22.8 Å². The van der Waals surface area contributed by atoms with E-state index < -0.39 is 88.2 Å². The van der Waals surface area contributed by atoms with E-state index in [9.17, 15) is 59.1 Å². The SMILES string of the molecule is Cc1ncsc1-c1ccc([C@H](C)NC(=O)[C@@H]2C[C@@H](O)CN2C(=O)[C@@H](NC(=O)CCCCCCC(=O)N2C[C@H]3CN(CC[C@H](CSc4ccccc4)Nc4ccc(S(=O)(=O)NC(=O)c5ccc(N6CCN(CC7=C(c8ccc(Cl)cc8F)CCCCC7)CC6)cc5)cc4S(=O)(=O)C(F)(F)F)C[C@H]3C2)C(C)(C)C)cc1. The molecule has 0 radical (unpaired) electrons. The quantitative estimate of drug-likeness (QED) is 0.0166. The van der Waals surface area contributed by atoms with Crippen molar-refractivity contribution in [2.45, 2.75) is 169 Å². The molecule has 5 N–H and O–H groups in total. The molecule has 20 nitrogen and oxygen atoms in total. The summed E-state index contributed by atoms with van der Waals surface area (Å²) in [6.45, 7) is 15.6. The summed E-state index contributed by atoms with van der Waals surface area (Å²) < 4.78 is 116. The van der Waals surface area contributed by atoms with Crippen molar-refractivity contribution in [2.24, 2.45) is 17.3 Å². The number of thioether (sulfide) groups is 1. The number of carbonyl (C=O) groups is 5. The van der Waals surface area contributed by atoms with Crippen LogP contribution < -0.4 is 25.6 Å². The Balaban J connectivity index is 0.633. The zero-order chi connectivity index (χ0) is 77.2. The van der Waals surface area contributed by atoms with Crippen LogP contribution in [0.2, 0.25) is 5.02 Å². The number of unbranched alkanes of at least 4 members (excludes halogenated alkanes) is 3. The maximum absolute atomic E-state index is 15.1. The van der Waals surface area contributed by atoms with Gasteiger partial charge in [-0.3, -0.25) is 28.9 Å². The number of aliphatic hydroxyl groups excluding tert-OH is 1. The number of thiazole rings is 1. The number of piperazine rings is 1. The van der Waals surface area contributed by atoms with Crippen molar-refractivity contribution in [3.05, 3.63) is 160 Å². The first-order chi connectivity index (χ1) is 51.4. The van der Waals surface area contributed by atoms with E-state index in [1.165, 1.54) is 40.4 Å². The van der Waals surface area contributed by atoms with Crippen molar-refractivity contribution in [1.29, 1.82) is 0 Å². The number of carbonyl (C=O) groups excluding carboxylic acids is 5. The number of fused-ring (bicyclic) bond motifs is 1. The summed E-state index contributed by atoms with van der Waals surface area (Å²) in [4.78, 5) is 82.8. The Hall–Kier alpha value is -7.44. The number of halogens is 5. The number of allylic oxidation sites excluding steroid dienone is 1. The molecule has 0 spiro atoms. The van der Waals surface area contributed by atoms with E-state index in [2.05, 4.69) is 35.6 Å². The summed E-state index contributed by atoms with van der Waals surface area (Å²) in [6, 6.07) is 27.6. The Bertz CT molecular complexity index is 4430. The number of rotatable bonds is 29. The van der Waals surface area contributed by atoms with Gasteiger partial charge in [-0.05, 0) is 159 Å². The number of nitrogens with zero attached hydrogens (tertiary/aromatic N) is 6. The van der Waals surface area contributed by atoms with Crippen molar-refractivity contribution >= 4 is 101 Å². The molecule has 6 aromatic rings. The van der Waals surface area contributed by atoms with Crippen molar-refractivity contribution < 1.29 is 63.5 Å². The molecule has 5 aromatic carbocycles. The van der Waals surface area contributed by atoms with Gasteiger partial charge in [-0.2, -0.15) is 13.2 Å². The Morgan fingerprint density at radius 2 is 1.45 bits per heavy atom. The molecule has 4 saturated heterocycles. The van der Waals surface area contributed by atoms with Gasteiger partial charge in [0, 0.05) is 130 Å². The lowest BCUT2D eigenvalue weighted by molar-refractivity contribution is -0.144. The van der Waals surface area contributed by atoms with E-state index in [-0.39, 0.29) is 66.2 Å². The predicted octanol–water partition coefficient (Wildman–Crippen LogP) is 12.9. The summed E-state index contributed by atoms with van der Waals surface area (Å²) in [7, 11) is -11.1. The van der Waals surface area contributed by atoms with Crippen molar-refractivity contribution in [1.82, 2.24) is 39.9 Å². The second-order valence-corrected chi connectivity index (χ2v) is 36.2. The number of likely N-dealkylation sites (tertiary alicyclic amines) is 3. The first-order valence-corrected chi connectivity index (χ1v) is 42.4. The second kappa shape index (κ2) is 35.7. The number of aliphatic hydroxyl groups is 1. The lowest BCUT2D eigenvalue weighted by atomic mass is 9.85. The summed E-state index contributed by atoms with van der Waals surface area (Å²) in [6.07, 6.45) is 7.23. The van der Waals surface area contributed by atoms with Crippen LogP contribution in [0.5, 0.6) is 0 Å². The minimum Gasteiger partial charge on any atom is -0.391 e. The zero-order valence-electron chi connectivity index (χ0n) is 61.6. The number of anilines is 2. The number of β-amino-alcohol motifs (C(OH)–C–C–N with tert-alkyl or cyclic N) is 1. The molecule has 0 bridgehead atoms. The highest BCUT2D eigenvalue weighted by Crippen LogP contribution is 2.40. The monoisotopic (exact) mass is 1580 g/mol. The molecule has 4 aliphatic heterocycles. The second-order valence-electron chi connectivity index (χ2n) is 30.2. The van der Waals surface area contributed by atoms with Crippen LogP contribution in [0.15, 0.2) is 141 Å². The minimum atomic E-state index is -6.18. The van der Waals surface area contributed by atoms with E-state index in [1.807, 2.05) is 98.8 Å². The molecule has 582 valence electrons. The van der Waals surface area contributed by atoms with Gasteiger partial charge in [0.25, 0.3) is 25.8 Å². The highest BCUT2D eigenvalue weighted by atomic mass is 35.5. The minimum absolute atomic E-state index is 0.0378. The standard InChI is InChI=1S/C79H97ClF4N10O10S4/c1-51(53-22-24-54(25-23-53)73-52(2)85-50-106-73)86-76(99)69-41-62(95)48-94(69)77(100)74(78(3,4)5)88-71(96)20-14-6-7-15-21-72(97)93-46-57-44-91(45-58(57)47-93)35-34-60(49-105-63-17-11-9-12-18-63)87-68-33-31-64(42-70(68)107(101,102)79(82,83)84)108(103,104)89-75(98)55-26-29-61(30-27-55)92-38-36-90(37-39-92)43-56-16-10-8-13-19-65(56)66-32-28-59(80)40-67(66)81/h9,11-12,17-18,22-33,40,42,50-51,57-58,60,62,69,74,87,95H,6-8,10,13-16,19-21,34-39,41,43-49H2,1-5H3,(H,86,99)(H,88,96)(H,89,98)/t51-,57-,58+,60+,62+,69-,74+/m0/s1. The Kier molecular flexibility index (Phi) is 27.0. The van der Waals surface area contributed by atoms with Crippen LogP contribution in [0.25, 0.3) is 16.0 Å². The van der Waals surface area contributed by atoms with Crippen LogP contribution in [-0.4, -0.2) is 184 Å². The van der Waals surface area contributed by atoms with E-state index in [0.717, 1.165) is 82.1 Å². The molecule has 5 heterocycles. The third kappa shape index (κ3) is 20.6. The number of aryl methyl sites for hydroxylation is 1. The fraction of sp³-hybridized carbons (Fsp3) is 0.494. The number of sulfonamides is 1. The lowest BCUT2D eigenvalue weighted by Crippen LogP contribution is -2.57. The topological polar surface area (TPSA) is 251 Å². The van der Waals surface area contributed by atoms with Crippen LogP contribution in [0, 0.1) is 30.0 Å². The zero-order valence-corrected chi connectivity index (χ0v) is 65.6. The number of sulfone groups is 1. The maximum Gasteiger partial charge on any atom is 0.501 e. The number of alkyl halides is 3. The van der Waals surface area contributed by atoms with Crippen LogP contribution in [0.1, 0.15) is 144 Å². The van der Waals surface area contributed by atoms with E-state index in [1.54, 1.807) is 41.1 Å². The summed E-state index contributed by atoms with van der Waals surface area (Å²) in [5.41, 5.74) is 1.19. The average Bonchev–Trinajstić information content (AvgIpc) is 0.965. The van der Waals surface area contributed by atoms with E-state index in [4.69, 9.17) is 11.6 Å². The van der Waals surface area contributed by atoms with Gasteiger partial charge in [-0.25, -0.2) is 30.9 Å². The van der Waals surface area contributed by atoms with Gasteiger partial charge >= 0.3 is 5.51 Å². The first kappa shape index (κ1) is 81.5. The van der Waals surface area contributed by atoms with Crippen LogP contribution >= 0.6 is 34.7 Å². The molecule has 0 saturated carbocycles. The molecule has 5 amide bonds. The van der Waals surface area contributed by atoms with Gasteiger partial charge < -0.3 is 40.7 Å². The van der Waals surface area contributed by atoms with Gasteiger partial charge in [0.15, 0.2) is 0 Å². The third-order valence-electron chi connectivity index (χ3n) is 21.3. The van der Waals surface area contributed by atoms with Crippen LogP contribution in [0.4, 0.5) is 28.9 Å². The van der Waals surface area contributed by atoms with Crippen molar-refractivity contribution in [3.8, 4) is 10.4 Å². The fourth-order valence-electron chi connectivity index (χ4n) is 15.3. The maximum atomic E-state index is 15.1.